The first kappa shape index (κ1) is 16.2. The fraction of sp³-hybridized carbons (Fsp3) is 0.222. The molecule has 3 rings (SSSR count). The van der Waals surface area contributed by atoms with Crippen LogP contribution in [-0.2, 0) is 0 Å². The Kier molecular flexibility index (Phi) is 4.33. The van der Waals surface area contributed by atoms with Crippen LogP contribution in [0.4, 0.5) is 17.1 Å². The molecule has 2 aromatic rings. The molecule has 0 saturated heterocycles. The lowest BCUT2D eigenvalue weighted by Gasteiger charge is -2.30. The number of hydrazine groups is 1. The van der Waals surface area contributed by atoms with Gasteiger partial charge < -0.3 is 10.8 Å². The van der Waals surface area contributed by atoms with Crippen LogP contribution in [0.15, 0.2) is 70.2 Å². The molecule has 0 fully saturated rings. The summed E-state index contributed by atoms with van der Waals surface area (Å²) in [4.78, 5) is 0. The van der Waals surface area contributed by atoms with Crippen molar-refractivity contribution in [3.05, 3.63) is 65.5 Å². The van der Waals surface area contributed by atoms with Crippen LogP contribution in [0.25, 0.3) is 0 Å². The summed E-state index contributed by atoms with van der Waals surface area (Å²) in [5, 5.41) is 22.5. The second-order valence-electron chi connectivity index (χ2n) is 5.82. The lowest BCUT2D eigenvalue weighted by molar-refractivity contribution is 0.0654. The SMILES string of the molecule is CC1=C(N=Nc2ccc(C)cc2)C(O)N(C)N1c1ccccc1N. The van der Waals surface area contributed by atoms with Crippen LogP contribution >= 0.6 is 0 Å². The zero-order valence-corrected chi connectivity index (χ0v) is 14.0. The highest BCUT2D eigenvalue weighted by atomic mass is 16.3. The summed E-state index contributed by atoms with van der Waals surface area (Å²) in [6.45, 7) is 3.91. The Hall–Kier alpha value is -2.70. The first-order valence-electron chi connectivity index (χ1n) is 7.73. The van der Waals surface area contributed by atoms with Gasteiger partial charge in [0, 0.05) is 7.05 Å². The number of para-hydroxylation sites is 2. The van der Waals surface area contributed by atoms with Crippen molar-refractivity contribution in [3.63, 3.8) is 0 Å². The average molecular weight is 323 g/mol. The molecule has 6 nitrogen and oxygen atoms in total. The van der Waals surface area contributed by atoms with Gasteiger partial charge in [0.05, 0.1) is 22.8 Å². The van der Waals surface area contributed by atoms with Crippen molar-refractivity contribution in [2.45, 2.75) is 20.1 Å². The Morgan fingerprint density at radius 3 is 2.33 bits per heavy atom. The van der Waals surface area contributed by atoms with Crippen LogP contribution in [-0.4, -0.2) is 23.4 Å². The first-order valence-corrected chi connectivity index (χ1v) is 7.73. The molecule has 0 aliphatic carbocycles. The molecular weight excluding hydrogens is 302 g/mol. The van der Waals surface area contributed by atoms with E-state index in [0.717, 1.165) is 22.6 Å². The number of benzene rings is 2. The van der Waals surface area contributed by atoms with Crippen LogP contribution in [0.2, 0.25) is 0 Å². The zero-order valence-electron chi connectivity index (χ0n) is 14.0. The minimum atomic E-state index is -0.876. The van der Waals surface area contributed by atoms with Crippen LogP contribution in [0.1, 0.15) is 12.5 Å². The molecule has 1 heterocycles. The molecular formula is C18H21N5O. The van der Waals surface area contributed by atoms with Crippen molar-refractivity contribution in [2.24, 2.45) is 10.2 Å². The minimum absolute atomic E-state index is 0.501. The van der Waals surface area contributed by atoms with Crippen molar-refractivity contribution < 1.29 is 5.11 Å². The summed E-state index contributed by atoms with van der Waals surface area (Å²) in [5.41, 5.74) is 10.7. The van der Waals surface area contributed by atoms with E-state index < -0.39 is 6.23 Å². The molecule has 0 spiro atoms. The van der Waals surface area contributed by atoms with Crippen LogP contribution in [0, 0.1) is 6.92 Å². The third-order valence-electron chi connectivity index (χ3n) is 4.07. The zero-order chi connectivity index (χ0) is 17.3. The summed E-state index contributed by atoms with van der Waals surface area (Å²) < 4.78 is 0. The normalized spacial score (nSPS) is 18.8. The molecule has 3 N–H and O–H groups in total. The predicted molar refractivity (Wildman–Crippen MR) is 95.5 cm³/mol. The van der Waals surface area contributed by atoms with Crippen molar-refractivity contribution in [1.82, 2.24) is 5.01 Å². The number of anilines is 2. The molecule has 0 bridgehead atoms. The van der Waals surface area contributed by atoms with E-state index >= 15 is 0 Å². The van der Waals surface area contributed by atoms with Gasteiger partial charge in [-0.2, -0.15) is 10.1 Å². The monoisotopic (exact) mass is 323 g/mol. The van der Waals surface area contributed by atoms with E-state index in [0.29, 0.717) is 11.4 Å². The number of nitrogens with zero attached hydrogens (tertiary/aromatic N) is 4. The number of rotatable bonds is 3. The fourth-order valence-electron chi connectivity index (χ4n) is 2.70. The standard InChI is InChI=1S/C18H21N5O/c1-12-8-10-14(11-9-12)20-21-17-13(2)23(22(3)18(17)24)16-7-5-4-6-15(16)19/h4-11,18,24H,19H2,1-3H3. The van der Waals surface area contributed by atoms with E-state index in [1.54, 1.807) is 12.1 Å². The smallest absolute Gasteiger partial charge is 0.170 e. The molecule has 2 aromatic carbocycles. The van der Waals surface area contributed by atoms with Gasteiger partial charge in [0.15, 0.2) is 6.23 Å². The molecule has 0 radical (unpaired) electrons. The highest BCUT2D eigenvalue weighted by molar-refractivity contribution is 5.70. The molecule has 0 amide bonds. The van der Waals surface area contributed by atoms with Crippen LogP contribution in [0.3, 0.4) is 0 Å². The lowest BCUT2D eigenvalue weighted by atomic mass is 10.2. The highest BCUT2D eigenvalue weighted by Gasteiger charge is 2.35. The van der Waals surface area contributed by atoms with Gasteiger partial charge in [-0.3, -0.25) is 5.01 Å². The number of likely N-dealkylation sites (N-methyl/N-ethyl adjacent to an activating group) is 1. The molecule has 1 aliphatic heterocycles. The summed E-state index contributed by atoms with van der Waals surface area (Å²) in [6, 6.07) is 15.3. The molecule has 6 heteroatoms. The molecule has 1 aliphatic rings. The minimum Gasteiger partial charge on any atom is -0.397 e. The second-order valence-corrected chi connectivity index (χ2v) is 5.82. The number of nitrogen functional groups attached to an aromatic ring is 1. The van der Waals surface area contributed by atoms with Crippen molar-refractivity contribution in [2.75, 3.05) is 17.8 Å². The molecule has 24 heavy (non-hydrogen) atoms. The van der Waals surface area contributed by atoms with Crippen molar-refractivity contribution >= 4 is 17.1 Å². The maximum atomic E-state index is 10.5. The van der Waals surface area contributed by atoms with Crippen molar-refractivity contribution in [3.8, 4) is 0 Å². The van der Waals surface area contributed by atoms with E-state index in [9.17, 15) is 5.11 Å². The van der Waals surface area contributed by atoms with E-state index in [-0.39, 0.29) is 0 Å². The fourth-order valence-corrected chi connectivity index (χ4v) is 2.70. The van der Waals surface area contributed by atoms with Gasteiger partial charge in [0.1, 0.15) is 5.70 Å². The van der Waals surface area contributed by atoms with Crippen molar-refractivity contribution in [1.29, 1.82) is 0 Å². The van der Waals surface area contributed by atoms with Gasteiger partial charge in [0.25, 0.3) is 0 Å². The van der Waals surface area contributed by atoms with E-state index in [4.69, 9.17) is 5.73 Å². The molecule has 0 saturated carbocycles. The Balaban J connectivity index is 1.94. The first-order chi connectivity index (χ1) is 11.5. The van der Waals surface area contributed by atoms with Gasteiger partial charge in [-0.1, -0.05) is 29.8 Å². The number of azo groups is 1. The van der Waals surface area contributed by atoms with Gasteiger partial charge in [-0.15, -0.1) is 5.11 Å². The third-order valence-corrected chi connectivity index (χ3v) is 4.07. The predicted octanol–water partition coefficient (Wildman–Crippen LogP) is 3.58. The van der Waals surface area contributed by atoms with Crippen LogP contribution in [0.5, 0.6) is 0 Å². The number of aliphatic hydroxyl groups excluding tert-OH is 1. The largest absolute Gasteiger partial charge is 0.397 e. The maximum Gasteiger partial charge on any atom is 0.170 e. The summed E-state index contributed by atoms with van der Waals surface area (Å²) in [7, 11) is 1.79. The van der Waals surface area contributed by atoms with Gasteiger partial charge in [-0.05, 0) is 38.1 Å². The number of allylic oxidation sites excluding steroid dienone is 1. The summed E-state index contributed by atoms with van der Waals surface area (Å²) >= 11 is 0. The van der Waals surface area contributed by atoms with Gasteiger partial charge >= 0.3 is 0 Å². The number of aliphatic hydroxyl groups is 1. The Morgan fingerprint density at radius 1 is 1.00 bits per heavy atom. The van der Waals surface area contributed by atoms with E-state index in [1.165, 1.54) is 0 Å². The summed E-state index contributed by atoms with van der Waals surface area (Å²) in [5.74, 6) is 0. The topological polar surface area (TPSA) is 77.5 Å². The quantitative estimate of drug-likeness (QED) is 0.668. The Bertz CT molecular complexity index is 797. The van der Waals surface area contributed by atoms with Gasteiger partial charge in [0.2, 0.25) is 0 Å². The number of hydrogen-bond acceptors (Lipinski definition) is 6. The number of hydrogen-bond donors (Lipinski definition) is 2. The third kappa shape index (κ3) is 2.89. The number of nitrogens with two attached hydrogens (primary N) is 1. The number of aryl methyl sites for hydroxylation is 1. The van der Waals surface area contributed by atoms with Crippen LogP contribution < -0.4 is 10.7 Å². The Labute approximate surface area is 141 Å². The van der Waals surface area contributed by atoms with E-state index in [2.05, 4.69) is 10.2 Å². The molecule has 124 valence electrons. The Morgan fingerprint density at radius 2 is 1.67 bits per heavy atom. The molecule has 1 atom stereocenters. The molecule has 0 aromatic heterocycles. The summed E-state index contributed by atoms with van der Waals surface area (Å²) in [6.07, 6.45) is -0.876. The van der Waals surface area contributed by atoms with Gasteiger partial charge in [-0.25, -0.2) is 0 Å². The van der Waals surface area contributed by atoms with E-state index in [1.807, 2.05) is 67.4 Å². The lowest BCUT2D eigenvalue weighted by Crippen LogP contribution is -2.39. The average Bonchev–Trinajstić information content (AvgIpc) is 2.78. The second kappa shape index (κ2) is 6.43. The maximum absolute atomic E-state index is 10.5. The molecule has 1 unspecified atom stereocenters. The highest BCUT2D eigenvalue weighted by Crippen LogP contribution is 2.36.